The van der Waals surface area contributed by atoms with Crippen molar-refractivity contribution in [2.75, 3.05) is 0 Å². The van der Waals surface area contributed by atoms with Gasteiger partial charge in [-0.1, -0.05) is 46.4 Å². The Kier molecular flexibility index (Phi) is 5.45. The molecular formula is C13H22. The highest BCUT2D eigenvalue weighted by molar-refractivity contribution is 5.35. The first-order valence-corrected chi connectivity index (χ1v) is 4.93. The normalized spacial score (nSPS) is 9.46. The summed E-state index contributed by atoms with van der Waals surface area (Å²) >= 11 is 0. The van der Waals surface area contributed by atoms with Crippen LogP contribution >= 0.6 is 0 Å². The van der Waals surface area contributed by atoms with E-state index in [4.69, 9.17) is 0 Å². The van der Waals surface area contributed by atoms with Gasteiger partial charge in [-0.25, -0.2) is 0 Å². The Balaban J connectivity index is 0.00000144. The molecule has 0 fully saturated rings. The number of rotatable bonds is 3. The molecule has 0 heteroatoms. The van der Waals surface area contributed by atoms with Gasteiger partial charge in [0, 0.05) is 0 Å². The Morgan fingerprint density at radius 3 is 1.62 bits per heavy atom. The lowest BCUT2D eigenvalue weighted by molar-refractivity contribution is 0.981. The van der Waals surface area contributed by atoms with Crippen LogP contribution in [0, 0.1) is 0 Å². The number of aryl methyl sites for hydroxylation is 2. The molecule has 0 amide bonds. The fourth-order valence-corrected chi connectivity index (χ4v) is 1.80. The van der Waals surface area contributed by atoms with Crippen molar-refractivity contribution in [3.05, 3.63) is 34.9 Å². The van der Waals surface area contributed by atoms with Gasteiger partial charge in [-0.05, 0) is 36.0 Å². The second-order valence-electron chi connectivity index (χ2n) is 3.12. The molecule has 0 unspecified atom stereocenters. The summed E-state index contributed by atoms with van der Waals surface area (Å²) in [4.78, 5) is 0. The minimum atomic E-state index is 0. The van der Waals surface area contributed by atoms with E-state index in [0.717, 1.165) is 12.8 Å². The maximum Gasteiger partial charge on any atom is -0.0302 e. The SMILES string of the molecule is C.CCc1cccc(CC)c1CC. The molecular weight excluding hydrogens is 156 g/mol. The zero-order valence-electron chi connectivity index (χ0n) is 8.35. The first-order chi connectivity index (χ1) is 5.83. The van der Waals surface area contributed by atoms with Crippen molar-refractivity contribution >= 4 is 0 Å². The Labute approximate surface area is 83.0 Å². The fraction of sp³-hybridized carbons (Fsp3) is 0.538. The molecule has 0 spiro atoms. The van der Waals surface area contributed by atoms with E-state index in [1.165, 1.54) is 17.5 Å². The van der Waals surface area contributed by atoms with Crippen molar-refractivity contribution in [3.63, 3.8) is 0 Å². The highest BCUT2D eigenvalue weighted by Crippen LogP contribution is 2.16. The molecule has 74 valence electrons. The van der Waals surface area contributed by atoms with Gasteiger partial charge < -0.3 is 0 Å². The van der Waals surface area contributed by atoms with E-state index in [9.17, 15) is 0 Å². The quantitative estimate of drug-likeness (QED) is 0.656. The smallest absolute Gasteiger partial charge is 0.0302 e. The minimum absolute atomic E-state index is 0. The molecule has 13 heavy (non-hydrogen) atoms. The maximum atomic E-state index is 2.25. The van der Waals surface area contributed by atoms with Gasteiger partial charge in [0.15, 0.2) is 0 Å². The number of hydrogen-bond acceptors (Lipinski definition) is 0. The predicted octanol–water partition coefficient (Wildman–Crippen LogP) is 4.01. The van der Waals surface area contributed by atoms with Crippen LogP contribution < -0.4 is 0 Å². The number of benzene rings is 1. The van der Waals surface area contributed by atoms with E-state index in [1.54, 1.807) is 5.56 Å². The van der Waals surface area contributed by atoms with Gasteiger partial charge in [0.2, 0.25) is 0 Å². The summed E-state index contributed by atoms with van der Waals surface area (Å²) in [6.07, 6.45) is 3.50. The molecule has 0 atom stereocenters. The lowest BCUT2D eigenvalue weighted by atomic mass is 9.96. The lowest BCUT2D eigenvalue weighted by Crippen LogP contribution is -1.96. The molecule has 0 saturated heterocycles. The fourth-order valence-electron chi connectivity index (χ4n) is 1.80. The third kappa shape index (κ3) is 2.58. The molecule has 0 aliphatic rings. The third-order valence-electron chi connectivity index (χ3n) is 2.49. The van der Waals surface area contributed by atoms with Crippen LogP contribution in [0.2, 0.25) is 0 Å². The van der Waals surface area contributed by atoms with Crippen LogP contribution in [-0.2, 0) is 19.3 Å². The van der Waals surface area contributed by atoms with Crippen LogP contribution in [0.3, 0.4) is 0 Å². The highest BCUT2D eigenvalue weighted by Gasteiger charge is 2.02. The van der Waals surface area contributed by atoms with E-state index in [2.05, 4.69) is 39.0 Å². The highest BCUT2D eigenvalue weighted by atomic mass is 14.1. The van der Waals surface area contributed by atoms with E-state index < -0.39 is 0 Å². The molecule has 0 nitrogen and oxygen atoms in total. The van der Waals surface area contributed by atoms with Crippen LogP contribution in [0.5, 0.6) is 0 Å². The largest absolute Gasteiger partial charge is 0.0776 e. The first kappa shape index (κ1) is 12.2. The van der Waals surface area contributed by atoms with Crippen LogP contribution in [0.4, 0.5) is 0 Å². The average molecular weight is 178 g/mol. The van der Waals surface area contributed by atoms with Crippen molar-refractivity contribution in [2.45, 2.75) is 47.5 Å². The van der Waals surface area contributed by atoms with Gasteiger partial charge >= 0.3 is 0 Å². The van der Waals surface area contributed by atoms with Crippen LogP contribution in [0.25, 0.3) is 0 Å². The summed E-state index contributed by atoms with van der Waals surface area (Å²) in [5.74, 6) is 0. The third-order valence-corrected chi connectivity index (χ3v) is 2.49. The van der Waals surface area contributed by atoms with Crippen LogP contribution in [-0.4, -0.2) is 0 Å². The zero-order valence-corrected chi connectivity index (χ0v) is 8.35. The summed E-state index contributed by atoms with van der Waals surface area (Å²) in [6.45, 7) is 6.70. The van der Waals surface area contributed by atoms with Gasteiger partial charge in [-0.15, -0.1) is 0 Å². The molecule has 0 N–H and O–H groups in total. The van der Waals surface area contributed by atoms with E-state index in [-0.39, 0.29) is 7.43 Å². The van der Waals surface area contributed by atoms with E-state index in [1.807, 2.05) is 0 Å². The van der Waals surface area contributed by atoms with Crippen molar-refractivity contribution in [2.24, 2.45) is 0 Å². The monoisotopic (exact) mass is 178 g/mol. The van der Waals surface area contributed by atoms with Gasteiger partial charge in [-0.2, -0.15) is 0 Å². The maximum absolute atomic E-state index is 2.25. The molecule has 0 heterocycles. The molecule has 1 rings (SSSR count). The topological polar surface area (TPSA) is 0 Å². The van der Waals surface area contributed by atoms with E-state index >= 15 is 0 Å². The second kappa shape index (κ2) is 5.80. The molecule has 0 bridgehead atoms. The van der Waals surface area contributed by atoms with Gasteiger partial charge in [0.25, 0.3) is 0 Å². The minimum Gasteiger partial charge on any atom is -0.0776 e. The molecule has 1 aromatic rings. The van der Waals surface area contributed by atoms with Gasteiger partial charge in [0.1, 0.15) is 0 Å². The van der Waals surface area contributed by atoms with Crippen molar-refractivity contribution < 1.29 is 0 Å². The Morgan fingerprint density at radius 1 is 0.846 bits per heavy atom. The van der Waals surface area contributed by atoms with Gasteiger partial charge in [0.05, 0.1) is 0 Å². The lowest BCUT2D eigenvalue weighted by Gasteiger charge is -2.10. The molecule has 0 saturated carbocycles. The average Bonchev–Trinajstić information content (AvgIpc) is 2.16. The molecule has 0 radical (unpaired) electrons. The molecule has 0 aliphatic carbocycles. The summed E-state index contributed by atoms with van der Waals surface area (Å²) in [5, 5.41) is 0. The Bertz CT molecular complexity index is 226. The second-order valence-corrected chi connectivity index (χ2v) is 3.12. The van der Waals surface area contributed by atoms with Crippen molar-refractivity contribution in [1.82, 2.24) is 0 Å². The molecule has 0 aliphatic heterocycles. The number of hydrogen-bond donors (Lipinski definition) is 0. The summed E-state index contributed by atoms with van der Waals surface area (Å²) < 4.78 is 0. The van der Waals surface area contributed by atoms with Gasteiger partial charge in [-0.3, -0.25) is 0 Å². The Morgan fingerprint density at radius 2 is 1.31 bits per heavy atom. The Hall–Kier alpha value is -0.780. The molecule has 0 aromatic heterocycles. The first-order valence-electron chi connectivity index (χ1n) is 4.93. The van der Waals surface area contributed by atoms with Crippen LogP contribution in [0.1, 0.15) is 44.9 Å². The standard InChI is InChI=1S/C12H18.CH4/c1-4-10-8-7-9-11(5-2)12(10)6-3;/h7-9H,4-6H2,1-3H3;1H4. The van der Waals surface area contributed by atoms with E-state index in [0.29, 0.717) is 0 Å². The zero-order chi connectivity index (χ0) is 8.97. The predicted molar refractivity (Wildman–Crippen MR) is 61.3 cm³/mol. The van der Waals surface area contributed by atoms with Crippen molar-refractivity contribution in [3.8, 4) is 0 Å². The summed E-state index contributed by atoms with van der Waals surface area (Å²) in [7, 11) is 0. The van der Waals surface area contributed by atoms with Crippen molar-refractivity contribution in [1.29, 1.82) is 0 Å². The van der Waals surface area contributed by atoms with Crippen LogP contribution in [0.15, 0.2) is 18.2 Å². The molecule has 1 aromatic carbocycles. The summed E-state index contributed by atoms with van der Waals surface area (Å²) in [6, 6.07) is 6.67. The summed E-state index contributed by atoms with van der Waals surface area (Å²) in [5.41, 5.74) is 4.62.